The van der Waals surface area contributed by atoms with Crippen molar-refractivity contribution in [2.45, 2.75) is 25.1 Å². The van der Waals surface area contributed by atoms with Crippen molar-refractivity contribution < 1.29 is 4.42 Å². The summed E-state index contributed by atoms with van der Waals surface area (Å²) in [7, 11) is 1.86. The molecule has 0 bridgehead atoms. The van der Waals surface area contributed by atoms with E-state index >= 15 is 0 Å². The molecule has 0 saturated heterocycles. The Morgan fingerprint density at radius 3 is 2.73 bits per heavy atom. The number of nitrogens with one attached hydrogen (secondary N) is 2. The van der Waals surface area contributed by atoms with Crippen LogP contribution in [0.2, 0.25) is 0 Å². The molecule has 2 unspecified atom stereocenters. The molecule has 0 spiro atoms. The normalized spacial score (nSPS) is 14.9. The summed E-state index contributed by atoms with van der Waals surface area (Å²) in [4.78, 5) is 0. The van der Waals surface area contributed by atoms with Crippen LogP contribution < -0.4 is 10.6 Å². The summed E-state index contributed by atoms with van der Waals surface area (Å²) >= 11 is 1.80. The largest absolute Gasteiger partial charge is 0.406 e. The number of thioether (sulfide) groups is 1. The van der Waals surface area contributed by atoms with Crippen molar-refractivity contribution in [1.82, 2.24) is 15.5 Å². The zero-order valence-electron chi connectivity index (χ0n) is 9.57. The molecule has 0 aromatic carbocycles. The van der Waals surface area contributed by atoms with E-state index in [-0.39, 0.29) is 6.04 Å². The average Bonchev–Trinajstić information content (AvgIpc) is 2.73. The maximum atomic E-state index is 5.43. The molecule has 0 saturated carbocycles. The maximum Gasteiger partial charge on any atom is 0.315 e. The van der Waals surface area contributed by atoms with Crippen LogP contribution in [0.3, 0.4) is 0 Å². The Bertz CT molecular complexity index is 291. The van der Waals surface area contributed by atoms with Gasteiger partial charge in [-0.05, 0) is 20.2 Å². The predicted molar refractivity (Wildman–Crippen MR) is 63.2 cm³/mol. The lowest BCUT2D eigenvalue weighted by Crippen LogP contribution is -2.13. The van der Waals surface area contributed by atoms with Gasteiger partial charge in [0.1, 0.15) is 0 Å². The molecule has 86 valence electrons. The van der Waals surface area contributed by atoms with Gasteiger partial charge in [-0.15, -0.1) is 5.10 Å². The number of rotatable bonds is 6. The fourth-order valence-electron chi connectivity index (χ4n) is 0.919. The Morgan fingerprint density at radius 2 is 2.13 bits per heavy atom. The van der Waals surface area contributed by atoms with Gasteiger partial charge in [-0.2, -0.15) is 11.8 Å². The van der Waals surface area contributed by atoms with Crippen molar-refractivity contribution in [1.29, 1.82) is 0 Å². The summed E-state index contributed by atoms with van der Waals surface area (Å²) in [6.07, 6.45) is 2.08. The summed E-state index contributed by atoms with van der Waals surface area (Å²) in [5, 5.41) is 14.5. The molecule has 1 aromatic rings. The average molecular weight is 230 g/mol. The van der Waals surface area contributed by atoms with Gasteiger partial charge in [0, 0.05) is 11.8 Å². The van der Waals surface area contributed by atoms with Crippen LogP contribution in [-0.2, 0) is 0 Å². The van der Waals surface area contributed by atoms with Crippen LogP contribution in [0.25, 0.3) is 0 Å². The molecule has 15 heavy (non-hydrogen) atoms. The Hall–Kier alpha value is -0.750. The topological polar surface area (TPSA) is 63.0 Å². The summed E-state index contributed by atoms with van der Waals surface area (Å²) in [6, 6.07) is 0.582. The third-order valence-corrected chi connectivity index (χ3v) is 3.16. The van der Waals surface area contributed by atoms with Crippen LogP contribution in [0.15, 0.2) is 4.42 Å². The molecule has 2 atom stereocenters. The lowest BCUT2D eigenvalue weighted by molar-refractivity contribution is 0.441. The van der Waals surface area contributed by atoms with E-state index in [4.69, 9.17) is 4.42 Å². The molecular weight excluding hydrogens is 212 g/mol. The molecular formula is C9H18N4OS. The van der Waals surface area contributed by atoms with E-state index in [2.05, 4.69) is 34.0 Å². The molecule has 6 heteroatoms. The second kappa shape index (κ2) is 5.97. The fourth-order valence-corrected chi connectivity index (χ4v) is 1.17. The van der Waals surface area contributed by atoms with Crippen LogP contribution in [-0.4, -0.2) is 35.3 Å². The van der Waals surface area contributed by atoms with E-state index in [1.54, 1.807) is 11.8 Å². The van der Waals surface area contributed by atoms with E-state index in [1.807, 2.05) is 14.0 Å². The third-order valence-electron chi connectivity index (χ3n) is 2.19. The van der Waals surface area contributed by atoms with E-state index in [0.717, 1.165) is 6.54 Å². The molecule has 0 radical (unpaired) electrons. The monoisotopic (exact) mass is 230 g/mol. The molecule has 2 N–H and O–H groups in total. The van der Waals surface area contributed by atoms with E-state index in [0.29, 0.717) is 17.2 Å². The Kier molecular flexibility index (Phi) is 4.90. The van der Waals surface area contributed by atoms with Crippen LogP contribution in [0.4, 0.5) is 6.01 Å². The third kappa shape index (κ3) is 3.71. The molecule has 1 rings (SSSR count). The minimum absolute atomic E-state index is 0.0889. The first-order chi connectivity index (χ1) is 7.17. The minimum Gasteiger partial charge on any atom is -0.406 e. The molecule has 1 aromatic heterocycles. The first-order valence-corrected chi connectivity index (χ1v) is 6.23. The van der Waals surface area contributed by atoms with Gasteiger partial charge in [-0.25, -0.2) is 0 Å². The first kappa shape index (κ1) is 12.3. The highest BCUT2D eigenvalue weighted by atomic mass is 32.2. The maximum absolute atomic E-state index is 5.43. The van der Waals surface area contributed by atoms with Gasteiger partial charge < -0.3 is 15.1 Å². The van der Waals surface area contributed by atoms with Crippen molar-refractivity contribution >= 4 is 17.8 Å². The molecule has 5 nitrogen and oxygen atoms in total. The molecule has 0 amide bonds. The highest BCUT2D eigenvalue weighted by Crippen LogP contribution is 2.13. The SMILES string of the molecule is CNC(C)c1nnc(NCC(C)SC)o1. The van der Waals surface area contributed by atoms with Crippen molar-refractivity contribution in [3.8, 4) is 0 Å². The van der Waals surface area contributed by atoms with Gasteiger partial charge in [0.15, 0.2) is 0 Å². The first-order valence-electron chi connectivity index (χ1n) is 4.94. The number of nitrogens with zero attached hydrogens (tertiary/aromatic N) is 2. The van der Waals surface area contributed by atoms with Crippen LogP contribution >= 0.6 is 11.8 Å². The van der Waals surface area contributed by atoms with Crippen molar-refractivity contribution in [2.75, 3.05) is 25.2 Å². The standard InChI is InChI=1S/C9H18N4OS/c1-6(15-4)5-11-9-13-12-8(14-9)7(2)10-3/h6-7,10H,5H2,1-4H3,(H,11,13). The Morgan fingerprint density at radius 1 is 1.40 bits per heavy atom. The fraction of sp³-hybridized carbons (Fsp3) is 0.778. The minimum atomic E-state index is 0.0889. The highest BCUT2D eigenvalue weighted by Gasteiger charge is 2.11. The Balaban J connectivity index is 2.46. The second-order valence-corrected chi connectivity index (χ2v) is 4.66. The molecule has 1 heterocycles. The number of hydrogen-bond donors (Lipinski definition) is 2. The van der Waals surface area contributed by atoms with Gasteiger partial charge in [-0.3, -0.25) is 0 Å². The summed E-state index contributed by atoms with van der Waals surface area (Å²) in [5.74, 6) is 0.608. The van der Waals surface area contributed by atoms with Gasteiger partial charge >= 0.3 is 6.01 Å². The smallest absolute Gasteiger partial charge is 0.315 e. The van der Waals surface area contributed by atoms with Crippen LogP contribution in [0.1, 0.15) is 25.8 Å². The van der Waals surface area contributed by atoms with Gasteiger partial charge in [0.2, 0.25) is 5.89 Å². The van der Waals surface area contributed by atoms with Crippen LogP contribution in [0.5, 0.6) is 0 Å². The van der Waals surface area contributed by atoms with Crippen molar-refractivity contribution in [3.63, 3.8) is 0 Å². The van der Waals surface area contributed by atoms with E-state index in [1.165, 1.54) is 0 Å². The number of hydrogen-bond acceptors (Lipinski definition) is 6. The zero-order chi connectivity index (χ0) is 11.3. The van der Waals surface area contributed by atoms with E-state index in [9.17, 15) is 0 Å². The zero-order valence-corrected chi connectivity index (χ0v) is 10.4. The lowest BCUT2D eigenvalue weighted by Gasteiger charge is -2.07. The van der Waals surface area contributed by atoms with Crippen LogP contribution in [0, 0.1) is 0 Å². The van der Waals surface area contributed by atoms with Gasteiger partial charge in [0.05, 0.1) is 6.04 Å². The summed E-state index contributed by atoms with van der Waals surface area (Å²) < 4.78 is 5.43. The van der Waals surface area contributed by atoms with E-state index < -0.39 is 0 Å². The quantitative estimate of drug-likeness (QED) is 0.772. The molecule has 0 fully saturated rings. The van der Waals surface area contributed by atoms with Gasteiger partial charge in [-0.1, -0.05) is 12.0 Å². The number of anilines is 1. The molecule has 0 aliphatic heterocycles. The van der Waals surface area contributed by atoms with Gasteiger partial charge in [0.25, 0.3) is 0 Å². The van der Waals surface area contributed by atoms with Crippen molar-refractivity contribution in [3.05, 3.63) is 5.89 Å². The second-order valence-electron chi connectivity index (χ2n) is 3.38. The van der Waals surface area contributed by atoms with Crippen molar-refractivity contribution in [2.24, 2.45) is 0 Å². The summed E-state index contributed by atoms with van der Waals surface area (Å²) in [5.41, 5.74) is 0. The highest BCUT2D eigenvalue weighted by molar-refractivity contribution is 7.99. The molecule has 0 aliphatic carbocycles. The Labute approximate surface area is 94.4 Å². The number of aromatic nitrogens is 2. The summed E-state index contributed by atoms with van der Waals surface area (Å²) in [6.45, 7) is 4.95. The predicted octanol–water partition coefficient (Wildman–Crippen LogP) is 1.51. The molecule has 0 aliphatic rings. The lowest BCUT2D eigenvalue weighted by atomic mass is 10.3.